The van der Waals surface area contributed by atoms with Gasteiger partial charge in [-0.05, 0) is 61.3 Å². The van der Waals surface area contributed by atoms with Crippen LogP contribution in [0.1, 0.15) is 26.3 Å². The maximum absolute atomic E-state index is 5.64. The van der Waals surface area contributed by atoms with E-state index >= 15 is 0 Å². The Morgan fingerprint density at radius 1 is 1.31 bits per heavy atom. The Morgan fingerprint density at radius 3 is 2.62 bits per heavy atom. The molecule has 3 heteroatoms. The maximum atomic E-state index is 5.64. The quantitative estimate of drug-likeness (QED) is 0.845. The molecule has 0 aromatic heterocycles. The Hall–Kier alpha value is -0.540. The van der Waals surface area contributed by atoms with Gasteiger partial charge in [-0.15, -0.1) is 0 Å². The van der Waals surface area contributed by atoms with E-state index in [1.165, 1.54) is 5.56 Å². The highest BCUT2D eigenvalue weighted by Crippen LogP contribution is 2.23. The number of hydrogen-bond donors (Lipinski definition) is 1. The van der Waals surface area contributed by atoms with E-state index in [1.54, 1.807) is 0 Å². The highest BCUT2D eigenvalue weighted by Gasteiger charge is 2.09. The van der Waals surface area contributed by atoms with Crippen molar-refractivity contribution < 1.29 is 4.74 Å². The first-order chi connectivity index (χ1) is 7.38. The van der Waals surface area contributed by atoms with Crippen molar-refractivity contribution in [2.24, 2.45) is 0 Å². The average Bonchev–Trinajstić information content (AvgIpc) is 2.16. The van der Waals surface area contributed by atoms with Gasteiger partial charge in [-0.3, -0.25) is 0 Å². The van der Waals surface area contributed by atoms with Gasteiger partial charge in [0, 0.05) is 16.7 Å². The molecule has 0 amide bonds. The van der Waals surface area contributed by atoms with Crippen LogP contribution >= 0.6 is 15.9 Å². The zero-order valence-electron chi connectivity index (χ0n) is 10.4. The van der Waals surface area contributed by atoms with Crippen LogP contribution in [0.5, 0.6) is 0 Å². The minimum Gasteiger partial charge on any atom is -0.382 e. The highest BCUT2D eigenvalue weighted by molar-refractivity contribution is 9.10. The average molecular weight is 286 g/mol. The van der Waals surface area contributed by atoms with Crippen LogP contribution in [0.25, 0.3) is 0 Å². The predicted octanol–water partition coefficient (Wildman–Crippen LogP) is 3.98. The van der Waals surface area contributed by atoms with E-state index in [1.807, 2.05) is 0 Å². The standard InChI is InChI=1S/C13H20BrNO/c1-10-5-6-11(14)12(9-10)15-7-8-16-13(2,3)4/h5-6,9,15H,7-8H2,1-4H3. The number of anilines is 1. The molecule has 0 heterocycles. The van der Waals surface area contributed by atoms with Gasteiger partial charge in [0.1, 0.15) is 0 Å². The van der Waals surface area contributed by atoms with Gasteiger partial charge in [0.2, 0.25) is 0 Å². The third kappa shape index (κ3) is 4.99. The summed E-state index contributed by atoms with van der Waals surface area (Å²) in [5.74, 6) is 0. The molecule has 0 spiro atoms. The van der Waals surface area contributed by atoms with Crippen molar-refractivity contribution in [3.63, 3.8) is 0 Å². The van der Waals surface area contributed by atoms with E-state index < -0.39 is 0 Å². The molecule has 0 aliphatic rings. The van der Waals surface area contributed by atoms with Gasteiger partial charge in [-0.25, -0.2) is 0 Å². The van der Waals surface area contributed by atoms with Crippen molar-refractivity contribution in [1.82, 2.24) is 0 Å². The summed E-state index contributed by atoms with van der Waals surface area (Å²) in [5, 5.41) is 3.35. The van der Waals surface area contributed by atoms with Gasteiger partial charge in [-0.1, -0.05) is 6.07 Å². The number of rotatable bonds is 4. The lowest BCUT2D eigenvalue weighted by molar-refractivity contribution is 0.00333. The summed E-state index contributed by atoms with van der Waals surface area (Å²) in [6.45, 7) is 9.81. The summed E-state index contributed by atoms with van der Waals surface area (Å²) >= 11 is 3.52. The summed E-state index contributed by atoms with van der Waals surface area (Å²) in [6.07, 6.45) is 0. The van der Waals surface area contributed by atoms with Gasteiger partial charge in [0.15, 0.2) is 0 Å². The molecule has 0 bridgehead atoms. The Morgan fingerprint density at radius 2 is 2.00 bits per heavy atom. The Kier molecular flexibility index (Phi) is 4.81. The van der Waals surface area contributed by atoms with E-state index in [0.29, 0.717) is 6.61 Å². The number of nitrogens with one attached hydrogen (secondary N) is 1. The minimum absolute atomic E-state index is 0.0640. The normalized spacial score (nSPS) is 11.6. The SMILES string of the molecule is Cc1ccc(Br)c(NCCOC(C)(C)C)c1. The summed E-state index contributed by atoms with van der Waals surface area (Å²) in [5.41, 5.74) is 2.31. The first-order valence-electron chi connectivity index (χ1n) is 5.52. The fourth-order valence-electron chi connectivity index (χ4n) is 1.32. The minimum atomic E-state index is -0.0640. The summed E-state index contributed by atoms with van der Waals surface area (Å²) in [7, 11) is 0. The Balaban J connectivity index is 2.40. The Bertz CT molecular complexity index is 344. The highest BCUT2D eigenvalue weighted by atomic mass is 79.9. The summed E-state index contributed by atoms with van der Waals surface area (Å²) in [4.78, 5) is 0. The molecule has 2 nitrogen and oxygen atoms in total. The van der Waals surface area contributed by atoms with E-state index in [0.717, 1.165) is 16.7 Å². The number of hydrogen-bond acceptors (Lipinski definition) is 2. The molecule has 1 N–H and O–H groups in total. The van der Waals surface area contributed by atoms with Crippen LogP contribution in [0, 0.1) is 6.92 Å². The molecule has 0 unspecified atom stereocenters. The maximum Gasteiger partial charge on any atom is 0.0646 e. The van der Waals surface area contributed by atoms with Crippen LogP contribution in [-0.4, -0.2) is 18.8 Å². The van der Waals surface area contributed by atoms with Crippen LogP contribution < -0.4 is 5.32 Å². The second kappa shape index (κ2) is 5.69. The van der Waals surface area contributed by atoms with Gasteiger partial charge in [-0.2, -0.15) is 0 Å². The molecule has 90 valence electrons. The van der Waals surface area contributed by atoms with Crippen molar-refractivity contribution in [3.05, 3.63) is 28.2 Å². The molecule has 0 atom stereocenters. The molecule has 0 radical (unpaired) electrons. The third-order valence-electron chi connectivity index (χ3n) is 2.07. The van der Waals surface area contributed by atoms with Gasteiger partial charge < -0.3 is 10.1 Å². The van der Waals surface area contributed by atoms with Crippen LogP contribution in [0.4, 0.5) is 5.69 Å². The number of benzene rings is 1. The van der Waals surface area contributed by atoms with Gasteiger partial charge in [0.25, 0.3) is 0 Å². The van der Waals surface area contributed by atoms with E-state index in [9.17, 15) is 0 Å². The smallest absolute Gasteiger partial charge is 0.0646 e. The predicted molar refractivity (Wildman–Crippen MR) is 73.1 cm³/mol. The van der Waals surface area contributed by atoms with Crippen molar-refractivity contribution in [2.75, 3.05) is 18.5 Å². The van der Waals surface area contributed by atoms with Crippen molar-refractivity contribution >= 4 is 21.6 Å². The lowest BCUT2D eigenvalue weighted by atomic mass is 10.2. The lowest BCUT2D eigenvalue weighted by Gasteiger charge is -2.20. The molecule has 1 aromatic rings. The number of aryl methyl sites for hydroxylation is 1. The fraction of sp³-hybridized carbons (Fsp3) is 0.538. The molecule has 0 saturated carbocycles. The second-order valence-corrected chi connectivity index (χ2v) is 5.73. The third-order valence-corrected chi connectivity index (χ3v) is 2.77. The molecule has 0 fully saturated rings. The molecular weight excluding hydrogens is 266 g/mol. The molecule has 0 saturated heterocycles. The number of ether oxygens (including phenoxy) is 1. The lowest BCUT2D eigenvalue weighted by Crippen LogP contribution is -2.23. The van der Waals surface area contributed by atoms with E-state index in [4.69, 9.17) is 4.74 Å². The van der Waals surface area contributed by atoms with E-state index in [2.05, 4.69) is 67.1 Å². The zero-order chi connectivity index (χ0) is 12.2. The topological polar surface area (TPSA) is 21.3 Å². The van der Waals surface area contributed by atoms with Gasteiger partial charge in [0.05, 0.1) is 12.2 Å². The molecule has 1 rings (SSSR count). The molecular formula is C13H20BrNO. The van der Waals surface area contributed by atoms with Gasteiger partial charge >= 0.3 is 0 Å². The molecule has 0 aliphatic carbocycles. The largest absolute Gasteiger partial charge is 0.382 e. The number of halogens is 1. The second-order valence-electron chi connectivity index (χ2n) is 4.87. The first kappa shape index (κ1) is 13.5. The van der Waals surface area contributed by atoms with Crippen LogP contribution in [0.2, 0.25) is 0 Å². The van der Waals surface area contributed by atoms with Crippen molar-refractivity contribution in [2.45, 2.75) is 33.3 Å². The van der Waals surface area contributed by atoms with Crippen LogP contribution in [0.3, 0.4) is 0 Å². The molecule has 16 heavy (non-hydrogen) atoms. The summed E-state index contributed by atoms with van der Waals surface area (Å²) < 4.78 is 6.73. The monoisotopic (exact) mass is 285 g/mol. The van der Waals surface area contributed by atoms with Crippen LogP contribution in [0.15, 0.2) is 22.7 Å². The van der Waals surface area contributed by atoms with Crippen molar-refractivity contribution in [3.8, 4) is 0 Å². The summed E-state index contributed by atoms with van der Waals surface area (Å²) in [6, 6.07) is 6.27. The van der Waals surface area contributed by atoms with Crippen molar-refractivity contribution in [1.29, 1.82) is 0 Å². The van der Waals surface area contributed by atoms with E-state index in [-0.39, 0.29) is 5.60 Å². The fourth-order valence-corrected chi connectivity index (χ4v) is 1.70. The molecule has 0 aliphatic heterocycles. The zero-order valence-corrected chi connectivity index (χ0v) is 12.0. The van der Waals surface area contributed by atoms with Crippen LogP contribution in [-0.2, 0) is 4.74 Å². The Labute approximate surface area is 107 Å². The first-order valence-corrected chi connectivity index (χ1v) is 6.32. The molecule has 1 aromatic carbocycles.